The van der Waals surface area contributed by atoms with Crippen molar-refractivity contribution < 1.29 is 38.1 Å². The molecule has 1 saturated heterocycles. The van der Waals surface area contributed by atoms with Crippen molar-refractivity contribution in [2.45, 2.75) is 57.8 Å². The molecule has 2 heterocycles. The van der Waals surface area contributed by atoms with Gasteiger partial charge in [0.25, 0.3) is 5.56 Å². The average molecular weight is 566 g/mol. The first kappa shape index (κ1) is 30.3. The van der Waals surface area contributed by atoms with Gasteiger partial charge in [0.05, 0.1) is 13.2 Å². The van der Waals surface area contributed by atoms with Gasteiger partial charge in [0.15, 0.2) is 11.8 Å². The van der Waals surface area contributed by atoms with Crippen molar-refractivity contribution in [1.82, 2.24) is 14.6 Å². The number of aromatic amines is 1. The highest BCUT2D eigenvalue weighted by Crippen LogP contribution is 2.46. The number of ether oxygens (including phenoxy) is 2. The Morgan fingerprint density at radius 3 is 2.56 bits per heavy atom. The maximum Gasteiger partial charge on any atom is 0.459 e. The summed E-state index contributed by atoms with van der Waals surface area (Å²) in [6.45, 7) is 6.50. The molecular formula is C25H32N3O10P. The van der Waals surface area contributed by atoms with Gasteiger partial charge in [0.1, 0.15) is 24.0 Å². The van der Waals surface area contributed by atoms with E-state index in [1.54, 1.807) is 18.2 Å². The van der Waals surface area contributed by atoms with Gasteiger partial charge in [0.2, 0.25) is 0 Å². The molecule has 1 aromatic carbocycles. The molecular weight excluding hydrogens is 533 g/mol. The molecule has 0 aliphatic carbocycles. The SMILES string of the molecule is C#C[C@]1(O)C(n2ccc(=O)[nH]c2=O)O[C@H](COP(=O)(N[C@@H](C)C(=O)OCC(C)(C)C)Oc2ccccc2)[C@H]1O. The van der Waals surface area contributed by atoms with Gasteiger partial charge in [-0.05, 0) is 24.5 Å². The molecule has 39 heavy (non-hydrogen) atoms. The van der Waals surface area contributed by atoms with Crippen molar-refractivity contribution in [3.63, 3.8) is 0 Å². The highest BCUT2D eigenvalue weighted by Gasteiger charge is 2.56. The summed E-state index contributed by atoms with van der Waals surface area (Å²) in [4.78, 5) is 38.2. The first-order valence-electron chi connectivity index (χ1n) is 12.0. The molecule has 6 atom stereocenters. The number of rotatable bonds is 10. The molecule has 212 valence electrons. The third kappa shape index (κ3) is 7.45. The van der Waals surface area contributed by atoms with Crippen molar-refractivity contribution >= 4 is 13.7 Å². The minimum absolute atomic E-state index is 0.112. The largest absolute Gasteiger partial charge is 0.464 e. The smallest absolute Gasteiger partial charge is 0.459 e. The van der Waals surface area contributed by atoms with Crippen LogP contribution in [0.2, 0.25) is 0 Å². The number of H-pyrrole nitrogens is 1. The molecule has 14 heteroatoms. The predicted molar refractivity (Wildman–Crippen MR) is 139 cm³/mol. The standard InChI is InChI=1S/C25H32N3O10P/c1-6-25(33)20(30)18(37-22(25)28-13-12-19(29)26-23(28)32)14-36-39(34,38-17-10-8-7-9-11-17)27-16(2)21(31)35-15-24(3,4)5/h1,7-13,16,18,20,22,30,33H,14-15H2,2-5H3,(H,27,34)(H,26,29,32)/t16-,18+,20+,22?,25+,39?/m0/s1. The highest BCUT2D eigenvalue weighted by atomic mass is 31.2. The summed E-state index contributed by atoms with van der Waals surface area (Å²) in [5.74, 6) is 1.46. The Morgan fingerprint density at radius 1 is 1.31 bits per heavy atom. The zero-order chi connectivity index (χ0) is 29.0. The number of hydrogen-bond acceptors (Lipinski definition) is 10. The molecule has 3 rings (SSSR count). The minimum atomic E-state index is -4.34. The van der Waals surface area contributed by atoms with E-state index in [9.17, 15) is 29.2 Å². The summed E-state index contributed by atoms with van der Waals surface area (Å²) in [6.07, 6.45) is 1.66. The molecule has 0 bridgehead atoms. The number of aliphatic hydroxyl groups excluding tert-OH is 1. The van der Waals surface area contributed by atoms with Crippen LogP contribution < -0.4 is 20.9 Å². The monoisotopic (exact) mass is 565 g/mol. The highest BCUT2D eigenvalue weighted by molar-refractivity contribution is 7.52. The van der Waals surface area contributed by atoms with Crippen LogP contribution in [0.4, 0.5) is 0 Å². The second kappa shape index (κ2) is 11.9. The Bertz CT molecular complexity index is 1360. The number of nitrogens with zero attached hydrogens (tertiary/aromatic N) is 1. The molecule has 2 aromatic rings. The Labute approximate surface area is 224 Å². The van der Waals surface area contributed by atoms with Gasteiger partial charge in [-0.25, -0.2) is 9.36 Å². The molecule has 1 aromatic heterocycles. The number of hydrogen-bond donors (Lipinski definition) is 4. The van der Waals surface area contributed by atoms with E-state index < -0.39 is 61.7 Å². The first-order valence-corrected chi connectivity index (χ1v) is 13.5. The van der Waals surface area contributed by atoms with Crippen LogP contribution in [0, 0.1) is 17.8 Å². The maximum absolute atomic E-state index is 13.7. The average Bonchev–Trinajstić information content (AvgIpc) is 3.11. The Balaban J connectivity index is 1.81. The van der Waals surface area contributed by atoms with Crippen molar-refractivity contribution in [2.24, 2.45) is 5.41 Å². The van der Waals surface area contributed by atoms with E-state index in [1.165, 1.54) is 19.1 Å². The lowest BCUT2D eigenvalue weighted by atomic mass is 9.95. The second-order valence-corrected chi connectivity index (χ2v) is 11.9. The fourth-order valence-electron chi connectivity index (χ4n) is 3.53. The summed E-state index contributed by atoms with van der Waals surface area (Å²) < 4.78 is 36.5. The molecule has 2 unspecified atom stereocenters. The fraction of sp³-hybridized carbons (Fsp3) is 0.480. The lowest BCUT2D eigenvalue weighted by Gasteiger charge is -2.26. The van der Waals surface area contributed by atoms with Gasteiger partial charge < -0.3 is 24.2 Å². The first-order chi connectivity index (χ1) is 18.2. The molecule has 1 aliphatic rings. The molecule has 1 aliphatic heterocycles. The lowest BCUT2D eigenvalue weighted by molar-refractivity contribution is -0.148. The molecule has 0 saturated carbocycles. The normalized spacial score (nSPS) is 25.3. The fourth-order valence-corrected chi connectivity index (χ4v) is 5.04. The lowest BCUT2D eigenvalue weighted by Crippen LogP contribution is -2.48. The number of aromatic nitrogens is 2. The van der Waals surface area contributed by atoms with Gasteiger partial charge in [-0.3, -0.25) is 23.7 Å². The molecule has 13 nitrogen and oxygen atoms in total. The van der Waals surface area contributed by atoms with Crippen molar-refractivity contribution in [3.05, 3.63) is 63.4 Å². The van der Waals surface area contributed by atoms with E-state index in [2.05, 4.69) is 5.09 Å². The number of carbonyl (C=O) groups is 1. The van der Waals surface area contributed by atoms with Gasteiger partial charge in [-0.2, -0.15) is 5.09 Å². The quantitative estimate of drug-likeness (QED) is 0.183. The van der Waals surface area contributed by atoms with E-state index in [0.717, 1.165) is 16.8 Å². The van der Waals surface area contributed by atoms with Crippen LogP contribution >= 0.6 is 7.75 Å². The summed E-state index contributed by atoms with van der Waals surface area (Å²) >= 11 is 0. The Morgan fingerprint density at radius 2 is 1.97 bits per heavy atom. The molecule has 0 spiro atoms. The van der Waals surface area contributed by atoms with Crippen LogP contribution in [-0.2, 0) is 23.4 Å². The minimum Gasteiger partial charge on any atom is -0.464 e. The summed E-state index contributed by atoms with van der Waals surface area (Å²) in [5, 5.41) is 24.2. The topological polar surface area (TPSA) is 178 Å². The Kier molecular flexibility index (Phi) is 9.23. The van der Waals surface area contributed by atoms with Gasteiger partial charge in [-0.1, -0.05) is 44.9 Å². The van der Waals surface area contributed by atoms with Gasteiger partial charge >= 0.3 is 19.4 Å². The van der Waals surface area contributed by atoms with Crippen molar-refractivity contribution in [3.8, 4) is 18.1 Å². The van der Waals surface area contributed by atoms with Crippen molar-refractivity contribution in [1.29, 1.82) is 0 Å². The van der Waals surface area contributed by atoms with Crippen LogP contribution in [0.3, 0.4) is 0 Å². The predicted octanol–water partition coefficient (Wildman–Crippen LogP) is 0.930. The number of para-hydroxylation sites is 1. The van der Waals surface area contributed by atoms with Crippen molar-refractivity contribution in [2.75, 3.05) is 13.2 Å². The van der Waals surface area contributed by atoms with Crippen LogP contribution in [-0.4, -0.2) is 62.8 Å². The molecule has 0 amide bonds. The van der Waals surface area contributed by atoms with Crippen LogP contribution in [0.25, 0.3) is 0 Å². The number of esters is 1. The second-order valence-electron chi connectivity index (χ2n) is 10.2. The van der Waals surface area contributed by atoms with Crippen LogP contribution in [0.15, 0.2) is 52.2 Å². The van der Waals surface area contributed by atoms with E-state index >= 15 is 0 Å². The molecule has 0 radical (unpaired) electrons. The Hall–Kier alpha value is -3.24. The summed E-state index contributed by atoms with van der Waals surface area (Å²) in [5.41, 5.74) is -4.36. The summed E-state index contributed by atoms with van der Waals surface area (Å²) in [6, 6.07) is 7.86. The number of nitrogens with one attached hydrogen (secondary N) is 2. The maximum atomic E-state index is 13.7. The number of carbonyl (C=O) groups excluding carboxylic acids is 1. The van der Waals surface area contributed by atoms with E-state index in [0.29, 0.717) is 0 Å². The van der Waals surface area contributed by atoms with Crippen LogP contribution in [0.5, 0.6) is 5.75 Å². The van der Waals surface area contributed by atoms with Gasteiger partial charge in [0, 0.05) is 12.3 Å². The number of benzene rings is 1. The summed E-state index contributed by atoms with van der Waals surface area (Å²) in [7, 11) is -4.34. The number of aliphatic hydroxyl groups is 2. The third-order valence-electron chi connectivity index (χ3n) is 5.55. The van der Waals surface area contributed by atoms with Crippen LogP contribution in [0.1, 0.15) is 33.9 Å². The molecule has 1 fully saturated rings. The zero-order valence-electron chi connectivity index (χ0n) is 21.9. The van der Waals surface area contributed by atoms with E-state index in [1.807, 2.05) is 31.7 Å². The van der Waals surface area contributed by atoms with Gasteiger partial charge in [-0.15, -0.1) is 6.42 Å². The van der Waals surface area contributed by atoms with E-state index in [4.69, 9.17) is 24.9 Å². The third-order valence-corrected chi connectivity index (χ3v) is 7.19. The zero-order valence-corrected chi connectivity index (χ0v) is 22.8. The van der Waals surface area contributed by atoms with E-state index in [-0.39, 0.29) is 17.8 Å². The molecule has 4 N–H and O–H groups in total. The number of terminal acetylenes is 1.